The van der Waals surface area contributed by atoms with Crippen LogP contribution in [0.5, 0.6) is 0 Å². The Morgan fingerprint density at radius 2 is 1.86 bits per heavy atom. The smallest absolute Gasteiger partial charge is 0.272 e. The largest absolute Gasteiger partial charge is 0.366 e. The fraction of sp³-hybridized carbons (Fsp3) is 0.231. The van der Waals surface area contributed by atoms with Gasteiger partial charge in [0.25, 0.3) is 5.91 Å². The number of piperazine rings is 1. The zero-order valence-electron chi connectivity index (χ0n) is 20.1. The van der Waals surface area contributed by atoms with Gasteiger partial charge in [-0.1, -0.05) is 17.7 Å². The van der Waals surface area contributed by atoms with Crippen LogP contribution >= 0.6 is 11.6 Å². The Labute approximate surface area is 217 Å². The first-order chi connectivity index (χ1) is 18.1. The molecule has 37 heavy (non-hydrogen) atoms. The number of benzene rings is 1. The number of imidazole rings is 1. The maximum atomic E-state index is 12.9. The van der Waals surface area contributed by atoms with Crippen molar-refractivity contribution in [3.8, 4) is 0 Å². The van der Waals surface area contributed by atoms with Gasteiger partial charge in [0, 0.05) is 49.5 Å². The van der Waals surface area contributed by atoms with Gasteiger partial charge >= 0.3 is 0 Å². The Balaban J connectivity index is 1.33. The summed E-state index contributed by atoms with van der Waals surface area (Å²) in [6, 6.07) is 11.1. The van der Waals surface area contributed by atoms with E-state index in [1.165, 1.54) is 6.33 Å². The molecule has 4 aromatic heterocycles. The van der Waals surface area contributed by atoms with E-state index in [2.05, 4.69) is 42.1 Å². The molecule has 1 aromatic carbocycles. The predicted octanol–water partition coefficient (Wildman–Crippen LogP) is 4.09. The number of amides is 1. The van der Waals surface area contributed by atoms with Gasteiger partial charge in [0.2, 0.25) is 0 Å². The zero-order chi connectivity index (χ0) is 25.4. The van der Waals surface area contributed by atoms with Gasteiger partial charge in [-0.2, -0.15) is 0 Å². The molecule has 5 aromatic rings. The number of pyridine rings is 2. The fourth-order valence-corrected chi connectivity index (χ4v) is 5.08. The lowest BCUT2D eigenvalue weighted by Crippen LogP contribution is -2.49. The van der Waals surface area contributed by atoms with Crippen LogP contribution in [0.4, 0.5) is 11.5 Å². The van der Waals surface area contributed by atoms with Crippen LogP contribution in [0.3, 0.4) is 0 Å². The summed E-state index contributed by atoms with van der Waals surface area (Å²) in [5.74, 6) is 0.603. The van der Waals surface area contributed by atoms with E-state index in [0.717, 1.165) is 27.7 Å². The highest BCUT2D eigenvalue weighted by atomic mass is 35.5. The molecule has 0 aliphatic carbocycles. The summed E-state index contributed by atoms with van der Waals surface area (Å²) in [6.07, 6.45) is 6.52. The summed E-state index contributed by atoms with van der Waals surface area (Å²) in [4.78, 5) is 42.0. The lowest BCUT2D eigenvalue weighted by molar-refractivity contribution is 0.0741. The number of nitrogens with one attached hydrogen (secondary N) is 2. The number of aromatic nitrogens is 6. The lowest BCUT2D eigenvalue weighted by Gasteiger charge is -2.38. The molecule has 2 N–H and O–H groups in total. The summed E-state index contributed by atoms with van der Waals surface area (Å²) in [7, 11) is 0. The van der Waals surface area contributed by atoms with Gasteiger partial charge in [-0.05, 0) is 37.3 Å². The second-order valence-electron chi connectivity index (χ2n) is 8.88. The third-order valence-corrected chi connectivity index (χ3v) is 6.97. The first-order valence-electron chi connectivity index (χ1n) is 12.0. The minimum absolute atomic E-state index is 0.0538. The molecule has 1 atom stereocenters. The van der Waals surface area contributed by atoms with E-state index in [4.69, 9.17) is 16.6 Å². The minimum Gasteiger partial charge on any atom is -0.366 e. The summed E-state index contributed by atoms with van der Waals surface area (Å²) >= 11 is 6.74. The SMILES string of the molecule is CC(Nc1ncnc2nc[nH]c12)c1cc(Cl)c2cccnc2c1N1CCN(C(=O)c2ccccn2)CC1. The van der Waals surface area contributed by atoms with Gasteiger partial charge in [0.1, 0.15) is 17.5 Å². The monoisotopic (exact) mass is 513 g/mol. The van der Waals surface area contributed by atoms with E-state index in [-0.39, 0.29) is 11.9 Å². The number of hydrogen-bond donors (Lipinski definition) is 2. The predicted molar refractivity (Wildman–Crippen MR) is 143 cm³/mol. The summed E-state index contributed by atoms with van der Waals surface area (Å²) < 4.78 is 0. The van der Waals surface area contributed by atoms with Crippen molar-refractivity contribution >= 4 is 51.1 Å². The average molecular weight is 514 g/mol. The summed E-state index contributed by atoms with van der Waals surface area (Å²) in [5, 5.41) is 5.02. The van der Waals surface area contributed by atoms with Crippen LogP contribution in [-0.4, -0.2) is 66.9 Å². The first-order valence-corrected chi connectivity index (χ1v) is 12.4. The topological polar surface area (TPSA) is 116 Å². The Morgan fingerprint density at radius 3 is 2.68 bits per heavy atom. The molecule has 186 valence electrons. The second-order valence-corrected chi connectivity index (χ2v) is 9.29. The Bertz CT molecular complexity index is 1580. The quantitative estimate of drug-likeness (QED) is 0.361. The number of anilines is 2. The van der Waals surface area contributed by atoms with Crippen molar-refractivity contribution in [2.75, 3.05) is 36.4 Å². The van der Waals surface area contributed by atoms with Crippen LogP contribution in [0, 0.1) is 0 Å². The Morgan fingerprint density at radius 1 is 1.03 bits per heavy atom. The van der Waals surface area contributed by atoms with Crippen molar-refractivity contribution in [1.29, 1.82) is 0 Å². The van der Waals surface area contributed by atoms with Crippen molar-refractivity contribution < 1.29 is 4.79 Å². The van der Waals surface area contributed by atoms with Gasteiger partial charge in [-0.25, -0.2) is 15.0 Å². The molecule has 1 aliphatic rings. The molecular formula is C26H24ClN9O. The fourth-order valence-electron chi connectivity index (χ4n) is 4.81. The Kier molecular flexibility index (Phi) is 6.01. The van der Waals surface area contributed by atoms with Crippen LogP contribution in [0.1, 0.15) is 29.0 Å². The van der Waals surface area contributed by atoms with Crippen molar-refractivity contribution in [3.05, 3.63) is 77.7 Å². The molecule has 11 heteroatoms. The highest BCUT2D eigenvalue weighted by Crippen LogP contribution is 2.39. The summed E-state index contributed by atoms with van der Waals surface area (Å²) in [5.41, 5.74) is 4.62. The van der Waals surface area contributed by atoms with E-state index >= 15 is 0 Å². The van der Waals surface area contributed by atoms with Gasteiger partial charge in [0.05, 0.1) is 28.6 Å². The van der Waals surface area contributed by atoms with E-state index < -0.39 is 0 Å². The van der Waals surface area contributed by atoms with Gasteiger partial charge in [0.15, 0.2) is 11.5 Å². The molecule has 1 fully saturated rings. The van der Waals surface area contributed by atoms with Crippen molar-refractivity contribution in [3.63, 3.8) is 0 Å². The highest BCUT2D eigenvalue weighted by Gasteiger charge is 2.28. The third-order valence-electron chi connectivity index (χ3n) is 6.65. The molecule has 0 radical (unpaired) electrons. The van der Waals surface area contributed by atoms with Gasteiger partial charge in [-0.15, -0.1) is 0 Å². The molecule has 5 heterocycles. The molecule has 0 saturated carbocycles. The molecular weight excluding hydrogens is 490 g/mol. The molecule has 6 rings (SSSR count). The number of hydrogen-bond acceptors (Lipinski definition) is 8. The molecule has 1 aliphatic heterocycles. The van der Waals surface area contributed by atoms with E-state index in [1.807, 2.05) is 35.2 Å². The van der Waals surface area contributed by atoms with Crippen LogP contribution in [0.15, 0.2) is 61.4 Å². The summed E-state index contributed by atoms with van der Waals surface area (Å²) in [6.45, 7) is 4.53. The maximum Gasteiger partial charge on any atom is 0.272 e. The standard InChI is InChI=1S/C26H24ClN9O/c1-16(34-25-22-24(31-14-30-22)32-15-33-25)18-13-19(27)17-5-4-8-29-21(17)23(18)35-9-11-36(12-10-35)26(37)20-6-2-3-7-28-20/h2-8,13-16H,9-12H2,1H3,(H2,30,31,32,33,34). The van der Waals surface area contributed by atoms with Crippen molar-refractivity contribution in [1.82, 2.24) is 34.8 Å². The van der Waals surface area contributed by atoms with E-state index in [9.17, 15) is 4.79 Å². The van der Waals surface area contributed by atoms with E-state index in [1.54, 1.807) is 24.8 Å². The molecule has 1 saturated heterocycles. The highest BCUT2D eigenvalue weighted by molar-refractivity contribution is 6.36. The van der Waals surface area contributed by atoms with Crippen LogP contribution in [0.25, 0.3) is 22.1 Å². The lowest BCUT2D eigenvalue weighted by atomic mass is 10.0. The molecule has 0 spiro atoms. The number of nitrogens with zero attached hydrogens (tertiary/aromatic N) is 7. The molecule has 0 bridgehead atoms. The van der Waals surface area contributed by atoms with Crippen LogP contribution < -0.4 is 10.2 Å². The van der Waals surface area contributed by atoms with Crippen LogP contribution in [-0.2, 0) is 0 Å². The minimum atomic E-state index is -0.159. The number of fused-ring (bicyclic) bond motifs is 2. The molecule has 10 nitrogen and oxygen atoms in total. The average Bonchev–Trinajstić information content (AvgIpc) is 3.43. The van der Waals surface area contributed by atoms with Gasteiger partial charge < -0.3 is 20.1 Å². The van der Waals surface area contributed by atoms with Crippen LogP contribution in [0.2, 0.25) is 5.02 Å². The third kappa shape index (κ3) is 4.29. The van der Waals surface area contributed by atoms with E-state index in [0.29, 0.717) is 48.4 Å². The number of carbonyl (C=O) groups is 1. The first kappa shape index (κ1) is 23.1. The van der Waals surface area contributed by atoms with Crippen molar-refractivity contribution in [2.45, 2.75) is 13.0 Å². The number of H-pyrrole nitrogens is 1. The number of aromatic amines is 1. The maximum absolute atomic E-state index is 12.9. The van der Waals surface area contributed by atoms with Crippen molar-refractivity contribution in [2.24, 2.45) is 0 Å². The number of rotatable bonds is 5. The number of halogens is 1. The molecule has 1 unspecified atom stereocenters. The number of carbonyl (C=O) groups excluding carboxylic acids is 1. The molecule has 1 amide bonds. The Hall–Kier alpha value is -4.31. The normalized spacial score (nSPS) is 14.8. The second kappa shape index (κ2) is 9.62. The zero-order valence-corrected chi connectivity index (χ0v) is 20.9. The van der Waals surface area contributed by atoms with Gasteiger partial charge in [-0.3, -0.25) is 14.8 Å².